The molecular weight excluding hydrogens is 332 g/mol. The van der Waals surface area contributed by atoms with Crippen molar-refractivity contribution in [2.45, 2.75) is 44.8 Å². The third kappa shape index (κ3) is 4.40. The molecule has 1 aromatic carbocycles. The number of hydrogen-bond acceptors (Lipinski definition) is 3. The van der Waals surface area contributed by atoms with Crippen LogP contribution < -0.4 is 10.2 Å². The van der Waals surface area contributed by atoms with E-state index >= 15 is 0 Å². The summed E-state index contributed by atoms with van der Waals surface area (Å²) < 4.78 is 1.16. The van der Waals surface area contributed by atoms with Gasteiger partial charge < -0.3 is 10.2 Å². The molecule has 0 spiro atoms. The van der Waals surface area contributed by atoms with Crippen LogP contribution in [0.25, 0.3) is 0 Å². The van der Waals surface area contributed by atoms with Gasteiger partial charge in [-0.15, -0.1) is 0 Å². The van der Waals surface area contributed by atoms with E-state index in [0.29, 0.717) is 6.04 Å². The van der Waals surface area contributed by atoms with Crippen molar-refractivity contribution in [3.63, 3.8) is 0 Å². The van der Waals surface area contributed by atoms with Crippen molar-refractivity contribution in [3.8, 4) is 0 Å². The van der Waals surface area contributed by atoms with Gasteiger partial charge >= 0.3 is 0 Å². The molecule has 1 atom stereocenters. The van der Waals surface area contributed by atoms with Crippen LogP contribution in [0.15, 0.2) is 22.7 Å². The summed E-state index contributed by atoms with van der Waals surface area (Å²) in [6.07, 6.45) is 6.05. The van der Waals surface area contributed by atoms with Gasteiger partial charge in [-0.2, -0.15) is 11.8 Å². The third-order valence-electron chi connectivity index (χ3n) is 3.96. The fraction of sp³-hybridized carbons (Fsp3) is 0.625. The highest BCUT2D eigenvalue weighted by molar-refractivity contribution is 9.10. The summed E-state index contributed by atoms with van der Waals surface area (Å²) >= 11 is 5.54. The van der Waals surface area contributed by atoms with Gasteiger partial charge in [-0.25, -0.2) is 0 Å². The molecular formula is C16H25BrN2S. The van der Waals surface area contributed by atoms with Crippen LogP contribution in [0.3, 0.4) is 0 Å². The Morgan fingerprint density at radius 2 is 2.20 bits per heavy atom. The molecule has 4 heteroatoms. The summed E-state index contributed by atoms with van der Waals surface area (Å²) in [6.45, 7) is 3.25. The van der Waals surface area contributed by atoms with Crippen LogP contribution in [0, 0.1) is 0 Å². The fourth-order valence-electron chi connectivity index (χ4n) is 2.45. The maximum atomic E-state index is 3.63. The molecule has 0 bridgehead atoms. The number of hydrogen-bond donors (Lipinski definition) is 1. The minimum absolute atomic E-state index is 0.596. The van der Waals surface area contributed by atoms with E-state index in [9.17, 15) is 0 Å². The van der Waals surface area contributed by atoms with Gasteiger partial charge in [0.15, 0.2) is 0 Å². The van der Waals surface area contributed by atoms with Crippen LogP contribution in [-0.2, 0) is 6.54 Å². The largest absolute Gasteiger partial charge is 0.370 e. The molecule has 1 aliphatic rings. The lowest BCUT2D eigenvalue weighted by atomic mass is 10.1. The average Bonchev–Trinajstić information content (AvgIpc) is 3.26. The lowest BCUT2D eigenvalue weighted by molar-refractivity contribution is 0.655. The lowest BCUT2D eigenvalue weighted by Crippen LogP contribution is -2.34. The summed E-state index contributed by atoms with van der Waals surface area (Å²) in [5.74, 6) is 1.18. The number of halogens is 1. The Morgan fingerprint density at radius 3 is 2.80 bits per heavy atom. The molecule has 2 rings (SSSR count). The Balaban J connectivity index is 2.15. The van der Waals surface area contributed by atoms with Gasteiger partial charge in [0.2, 0.25) is 0 Å². The first kappa shape index (κ1) is 16.2. The summed E-state index contributed by atoms with van der Waals surface area (Å²) in [5, 5.41) is 3.63. The minimum Gasteiger partial charge on any atom is -0.370 e. The van der Waals surface area contributed by atoms with E-state index in [1.54, 1.807) is 0 Å². The molecule has 0 aliphatic heterocycles. The number of rotatable bonds is 8. The highest BCUT2D eigenvalue weighted by Gasteiger charge is 2.21. The van der Waals surface area contributed by atoms with Crippen LogP contribution >= 0.6 is 27.7 Å². The Hall–Kier alpha value is -0.190. The van der Waals surface area contributed by atoms with E-state index in [1.165, 1.54) is 36.3 Å². The van der Waals surface area contributed by atoms with Crippen LogP contribution in [0.2, 0.25) is 0 Å². The molecule has 0 saturated heterocycles. The SMILES string of the molecule is CCC(CSC)N(C)c1cc(Br)ccc1CNC1CC1. The molecule has 1 fully saturated rings. The number of nitrogens with one attached hydrogen (secondary N) is 1. The molecule has 2 nitrogen and oxygen atoms in total. The van der Waals surface area contributed by atoms with E-state index in [-0.39, 0.29) is 0 Å². The second-order valence-corrected chi connectivity index (χ2v) is 7.38. The molecule has 1 N–H and O–H groups in total. The fourth-order valence-corrected chi connectivity index (χ4v) is 3.64. The topological polar surface area (TPSA) is 15.3 Å². The standard InChI is InChI=1S/C16H25BrN2S/c1-4-15(11-20-3)19(2)16-9-13(17)6-5-12(16)10-18-14-7-8-14/h5-6,9,14-15,18H,4,7-8,10-11H2,1-3H3. The molecule has 0 heterocycles. The van der Waals surface area contributed by atoms with Crippen molar-refractivity contribution >= 4 is 33.4 Å². The number of anilines is 1. The molecule has 1 unspecified atom stereocenters. The molecule has 1 saturated carbocycles. The molecule has 112 valence electrons. The predicted molar refractivity (Wildman–Crippen MR) is 94.9 cm³/mol. The van der Waals surface area contributed by atoms with E-state index in [2.05, 4.69) is 64.6 Å². The van der Waals surface area contributed by atoms with Crippen molar-refractivity contribution < 1.29 is 0 Å². The average molecular weight is 357 g/mol. The first-order chi connectivity index (χ1) is 9.65. The molecule has 0 aromatic heterocycles. The third-order valence-corrected chi connectivity index (χ3v) is 5.18. The summed E-state index contributed by atoms with van der Waals surface area (Å²) in [5.41, 5.74) is 2.76. The zero-order valence-corrected chi connectivity index (χ0v) is 15.1. The summed E-state index contributed by atoms with van der Waals surface area (Å²) in [4.78, 5) is 2.45. The Kier molecular flexibility index (Phi) is 6.24. The van der Waals surface area contributed by atoms with Crippen LogP contribution in [0.4, 0.5) is 5.69 Å². The zero-order chi connectivity index (χ0) is 14.5. The highest BCUT2D eigenvalue weighted by Crippen LogP contribution is 2.28. The number of benzene rings is 1. The van der Waals surface area contributed by atoms with Crippen molar-refractivity contribution in [2.75, 3.05) is 24.0 Å². The monoisotopic (exact) mass is 356 g/mol. The molecule has 0 amide bonds. The van der Waals surface area contributed by atoms with Crippen molar-refractivity contribution in [3.05, 3.63) is 28.2 Å². The predicted octanol–water partition coefficient (Wildman–Crippen LogP) is 4.28. The van der Waals surface area contributed by atoms with Crippen molar-refractivity contribution in [2.24, 2.45) is 0 Å². The second kappa shape index (κ2) is 7.71. The van der Waals surface area contributed by atoms with Gasteiger partial charge in [-0.1, -0.05) is 28.9 Å². The molecule has 0 radical (unpaired) electrons. The van der Waals surface area contributed by atoms with Gasteiger partial charge in [0.05, 0.1) is 0 Å². The van der Waals surface area contributed by atoms with Gasteiger partial charge in [0.1, 0.15) is 0 Å². The van der Waals surface area contributed by atoms with E-state index in [1.807, 2.05) is 11.8 Å². The number of nitrogens with zero attached hydrogens (tertiary/aromatic N) is 1. The van der Waals surface area contributed by atoms with E-state index in [4.69, 9.17) is 0 Å². The van der Waals surface area contributed by atoms with Gasteiger partial charge in [0, 0.05) is 41.6 Å². The van der Waals surface area contributed by atoms with Crippen molar-refractivity contribution in [1.29, 1.82) is 0 Å². The van der Waals surface area contributed by atoms with Crippen LogP contribution in [0.5, 0.6) is 0 Å². The maximum Gasteiger partial charge on any atom is 0.0423 e. The quantitative estimate of drug-likeness (QED) is 0.748. The van der Waals surface area contributed by atoms with Crippen LogP contribution in [0.1, 0.15) is 31.7 Å². The highest BCUT2D eigenvalue weighted by atomic mass is 79.9. The molecule has 1 aromatic rings. The Morgan fingerprint density at radius 1 is 1.45 bits per heavy atom. The Labute approximate surface area is 135 Å². The first-order valence-electron chi connectivity index (χ1n) is 7.39. The zero-order valence-electron chi connectivity index (χ0n) is 12.7. The number of thioether (sulfide) groups is 1. The van der Waals surface area contributed by atoms with E-state index < -0.39 is 0 Å². The maximum absolute atomic E-state index is 3.63. The smallest absolute Gasteiger partial charge is 0.0423 e. The van der Waals surface area contributed by atoms with Gasteiger partial charge in [-0.05, 0) is 43.2 Å². The first-order valence-corrected chi connectivity index (χ1v) is 9.58. The van der Waals surface area contributed by atoms with E-state index in [0.717, 1.165) is 17.1 Å². The van der Waals surface area contributed by atoms with Gasteiger partial charge in [0.25, 0.3) is 0 Å². The Bertz CT molecular complexity index is 434. The summed E-state index contributed by atoms with van der Waals surface area (Å²) in [7, 11) is 2.23. The normalized spacial score (nSPS) is 16.2. The minimum atomic E-state index is 0.596. The second-order valence-electron chi connectivity index (χ2n) is 5.56. The molecule has 20 heavy (non-hydrogen) atoms. The summed E-state index contributed by atoms with van der Waals surface area (Å²) in [6, 6.07) is 8.00. The van der Waals surface area contributed by atoms with Crippen molar-refractivity contribution in [1.82, 2.24) is 5.32 Å². The van der Waals surface area contributed by atoms with Gasteiger partial charge in [-0.3, -0.25) is 0 Å². The van der Waals surface area contributed by atoms with Crippen LogP contribution in [-0.4, -0.2) is 31.1 Å². The lowest BCUT2D eigenvalue weighted by Gasteiger charge is -2.31. The molecule has 1 aliphatic carbocycles.